The SMILES string of the molecule is O=Cc1ccccc1OCC(=O)Nc1cccc(-c2nnnn2C2CC2)c1. The highest BCUT2D eigenvalue weighted by atomic mass is 16.5. The number of hydrogen-bond donors (Lipinski definition) is 1. The maximum absolute atomic E-state index is 12.2. The molecule has 8 heteroatoms. The van der Waals surface area contributed by atoms with Crippen molar-refractivity contribution in [1.29, 1.82) is 0 Å². The van der Waals surface area contributed by atoms with Crippen LogP contribution in [-0.4, -0.2) is 39.0 Å². The molecule has 8 nitrogen and oxygen atoms in total. The Kier molecular flexibility index (Phi) is 4.61. The van der Waals surface area contributed by atoms with Crippen LogP contribution in [0.25, 0.3) is 11.4 Å². The van der Waals surface area contributed by atoms with Gasteiger partial charge in [0.2, 0.25) is 0 Å². The molecule has 1 heterocycles. The molecular formula is C19H17N5O3. The van der Waals surface area contributed by atoms with Crippen LogP contribution >= 0.6 is 0 Å². The quantitative estimate of drug-likeness (QED) is 0.648. The normalized spacial score (nSPS) is 13.2. The lowest BCUT2D eigenvalue weighted by Crippen LogP contribution is -2.20. The van der Waals surface area contributed by atoms with Crippen molar-refractivity contribution in [2.24, 2.45) is 0 Å². The van der Waals surface area contributed by atoms with E-state index in [1.807, 2.05) is 22.9 Å². The number of nitrogens with zero attached hydrogens (tertiary/aromatic N) is 4. The molecule has 0 atom stereocenters. The average Bonchev–Trinajstić information content (AvgIpc) is 3.43. The summed E-state index contributed by atoms with van der Waals surface area (Å²) in [7, 11) is 0. The van der Waals surface area contributed by atoms with Gasteiger partial charge in [-0.15, -0.1) is 5.10 Å². The summed E-state index contributed by atoms with van der Waals surface area (Å²) in [5.41, 5.74) is 1.85. The van der Waals surface area contributed by atoms with Gasteiger partial charge in [0.05, 0.1) is 11.6 Å². The van der Waals surface area contributed by atoms with Crippen molar-refractivity contribution in [1.82, 2.24) is 20.2 Å². The van der Waals surface area contributed by atoms with Gasteiger partial charge in [0.1, 0.15) is 5.75 Å². The fraction of sp³-hybridized carbons (Fsp3) is 0.211. The Hall–Kier alpha value is -3.55. The number of anilines is 1. The molecule has 1 saturated carbocycles. The van der Waals surface area contributed by atoms with Crippen molar-refractivity contribution in [2.45, 2.75) is 18.9 Å². The highest BCUT2D eigenvalue weighted by Gasteiger charge is 2.28. The predicted molar refractivity (Wildman–Crippen MR) is 97.5 cm³/mol. The number of rotatable bonds is 7. The summed E-state index contributed by atoms with van der Waals surface area (Å²) in [6.45, 7) is -0.200. The third kappa shape index (κ3) is 3.84. The van der Waals surface area contributed by atoms with E-state index < -0.39 is 0 Å². The zero-order valence-corrected chi connectivity index (χ0v) is 14.4. The summed E-state index contributed by atoms with van der Waals surface area (Å²) in [5, 5.41) is 14.7. The number of ether oxygens (including phenoxy) is 1. The molecule has 2 aromatic carbocycles. The number of tetrazole rings is 1. The smallest absolute Gasteiger partial charge is 0.262 e. The van der Waals surface area contributed by atoms with E-state index in [4.69, 9.17) is 4.74 Å². The first-order chi connectivity index (χ1) is 13.2. The van der Waals surface area contributed by atoms with Crippen molar-refractivity contribution in [3.63, 3.8) is 0 Å². The molecule has 4 rings (SSSR count). The molecule has 0 radical (unpaired) electrons. The number of benzene rings is 2. The Balaban J connectivity index is 1.43. The molecule has 0 unspecified atom stereocenters. The zero-order valence-electron chi connectivity index (χ0n) is 14.4. The number of carbonyl (C=O) groups excluding carboxylic acids is 2. The minimum atomic E-state index is -0.324. The van der Waals surface area contributed by atoms with Crippen LogP contribution < -0.4 is 10.1 Å². The zero-order chi connectivity index (χ0) is 18.6. The van der Waals surface area contributed by atoms with Gasteiger partial charge in [0.15, 0.2) is 18.7 Å². The molecule has 1 fully saturated rings. The molecule has 0 spiro atoms. The Morgan fingerprint density at radius 3 is 2.89 bits per heavy atom. The van der Waals surface area contributed by atoms with Gasteiger partial charge in [-0.25, -0.2) is 4.68 Å². The maximum Gasteiger partial charge on any atom is 0.262 e. The largest absolute Gasteiger partial charge is 0.483 e. The molecule has 1 amide bonds. The molecule has 136 valence electrons. The third-order valence-corrected chi connectivity index (χ3v) is 4.19. The number of carbonyl (C=O) groups is 2. The summed E-state index contributed by atoms with van der Waals surface area (Å²) < 4.78 is 7.26. The van der Waals surface area contributed by atoms with E-state index in [0.29, 0.717) is 35.2 Å². The molecule has 0 bridgehead atoms. The summed E-state index contributed by atoms with van der Waals surface area (Å²) in [5.74, 6) is 0.736. The minimum absolute atomic E-state index is 0.200. The third-order valence-electron chi connectivity index (χ3n) is 4.19. The van der Waals surface area contributed by atoms with Gasteiger partial charge in [-0.1, -0.05) is 24.3 Å². The standard InChI is InChI=1S/C19H17N5O3/c25-11-14-4-1-2-7-17(14)27-12-18(26)20-15-6-3-5-13(10-15)19-21-22-23-24(19)16-8-9-16/h1-7,10-11,16H,8-9,12H2,(H,20,26). The van der Waals surface area contributed by atoms with Crippen LogP contribution in [0.5, 0.6) is 5.75 Å². The van der Waals surface area contributed by atoms with Crippen molar-refractivity contribution in [3.8, 4) is 17.1 Å². The van der Waals surface area contributed by atoms with Crippen LogP contribution in [0.15, 0.2) is 48.5 Å². The molecule has 0 aliphatic heterocycles. The molecule has 1 N–H and O–H groups in total. The maximum atomic E-state index is 12.2. The lowest BCUT2D eigenvalue weighted by Gasteiger charge is -2.10. The highest BCUT2D eigenvalue weighted by Crippen LogP contribution is 2.36. The number of hydrogen-bond acceptors (Lipinski definition) is 6. The Labute approximate surface area is 155 Å². The van der Waals surface area contributed by atoms with Crippen LogP contribution in [0, 0.1) is 0 Å². The average molecular weight is 363 g/mol. The van der Waals surface area contributed by atoms with E-state index in [-0.39, 0.29) is 12.5 Å². The molecule has 1 aromatic heterocycles. The van der Waals surface area contributed by atoms with Gasteiger partial charge >= 0.3 is 0 Å². The van der Waals surface area contributed by atoms with E-state index in [1.54, 1.807) is 30.3 Å². The Morgan fingerprint density at radius 1 is 1.22 bits per heavy atom. The first-order valence-electron chi connectivity index (χ1n) is 8.60. The molecule has 1 aliphatic rings. The van der Waals surface area contributed by atoms with Crippen molar-refractivity contribution < 1.29 is 14.3 Å². The lowest BCUT2D eigenvalue weighted by molar-refractivity contribution is -0.118. The van der Waals surface area contributed by atoms with Gasteiger partial charge < -0.3 is 10.1 Å². The Bertz CT molecular complexity index is 981. The first-order valence-corrected chi connectivity index (χ1v) is 8.60. The summed E-state index contributed by atoms with van der Waals surface area (Å²) in [6.07, 6.45) is 2.85. The van der Waals surface area contributed by atoms with Gasteiger partial charge in [-0.05, 0) is 47.5 Å². The topological polar surface area (TPSA) is 99.0 Å². The van der Waals surface area contributed by atoms with Crippen LogP contribution in [0.4, 0.5) is 5.69 Å². The summed E-state index contributed by atoms with van der Waals surface area (Å²) in [6, 6.07) is 14.5. The first kappa shape index (κ1) is 16.9. The van der Waals surface area contributed by atoms with Crippen LogP contribution in [-0.2, 0) is 4.79 Å². The molecular weight excluding hydrogens is 346 g/mol. The van der Waals surface area contributed by atoms with E-state index in [2.05, 4.69) is 20.8 Å². The van der Waals surface area contributed by atoms with E-state index >= 15 is 0 Å². The van der Waals surface area contributed by atoms with E-state index in [1.165, 1.54) is 0 Å². The number of aldehydes is 1. The minimum Gasteiger partial charge on any atom is -0.483 e. The van der Waals surface area contributed by atoms with Crippen molar-refractivity contribution in [2.75, 3.05) is 11.9 Å². The van der Waals surface area contributed by atoms with E-state index in [0.717, 1.165) is 18.4 Å². The summed E-state index contributed by atoms with van der Waals surface area (Å²) in [4.78, 5) is 23.2. The predicted octanol–water partition coefficient (Wildman–Crippen LogP) is 2.51. The number of nitrogens with one attached hydrogen (secondary N) is 1. The monoisotopic (exact) mass is 363 g/mol. The highest BCUT2D eigenvalue weighted by molar-refractivity contribution is 5.92. The Morgan fingerprint density at radius 2 is 2.07 bits per heavy atom. The molecule has 3 aromatic rings. The van der Waals surface area contributed by atoms with Gasteiger partial charge in [-0.2, -0.15) is 0 Å². The van der Waals surface area contributed by atoms with Crippen LogP contribution in [0.3, 0.4) is 0 Å². The molecule has 1 aliphatic carbocycles. The van der Waals surface area contributed by atoms with Crippen LogP contribution in [0.2, 0.25) is 0 Å². The second-order valence-corrected chi connectivity index (χ2v) is 6.25. The second kappa shape index (κ2) is 7.36. The molecule has 0 saturated heterocycles. The van der Waals surface area contributed by atoms with Crippen LogP contribution in [0.1, 0.15) is 29.2 Å². The van der Waals surface area contributed by atoms with Gasteiger partial charge in [0, 0.05) is 11.3 Å². The number of amides is 1. The van der Waals surface area contributed by atoms with Gasteiger partial charge in [0.25, 0.3) is 5.91 Å². The van der Waals surface area contributed by atoms with Crippen molar-refractivity contribution in [3.05, 3.63) is 54.1 Å². The summed E-state index contributed by atoms with van der Waals surface area (Å²) >= 11 is 0. The fourth-order valence-corrected chi connectivity index (χ4v) is 2.73. The number of para-hydroxylation sites is 1. The lowest BCUT2D eigenvalue weighted by atomic mass is 10.2. The van der Waals surface area contributed by atoms with Gasteiger partial charge in [-0.3, -0.25) is 9.59 Å². The van der Waals surface area contributed by atoms with Crippen molar-refractivity contribution >= 4 is 17.9 Å². The van der Waals surface area contributed by atoms with E-state index in [9.17, 15) is 9.59 Å². The number of aromatic nitrogens is 4. The molecule has 27 heavy (non-hydrogen) atoms. The second-order valence-electron chi connectivity index (χ2n) is 6.25. The fourth-order valence-electron chi connectivity index (χ4n) is 2.73.